The summed E-state index contributed by atoms with van der Waals surface area (Å²) in [7, 11) is 0. The van der Waals surface area contributed by atoms with Gasteiger partial charge in [-0.25, -0.2) is 0 Å². The molecule has 0 saturated carbocycles. The number of nitrogens with zero attached hydrogens (tertiary/aromatic N) is 4. The third-order valence-electron chi connectivity index (χ3n) is 3.24. The Hall–Kier alpha value is -1.47. The minimum Gasteiger partial charge on any atom is -0.390 e. The van der Waals surface area contributed by atoms with Crippen molar-refractivity contribution in [2.24, 2.45) is 0 Å². The van der Waals surface area contributed by atoms with Crippen LogP contribution in [0.5, 0.6) is 0 Å². The molecule has 18 heavy (non-hydrogen) atoms. The van der Waals surface area contributed by atoms with Crippen LogP contribution in [-0.2, 0) is 6.54 Å². The number of nitrogen functional groups attached to an aromatic ring is 2. The van der Waals surface area contributed by atoms with Crippen LogP contribution in [-0.4, -0.2) is 43.6 Å². The van der Waals surface area contributed by atoms with Gasteiger partial charge in [0.25, 0.3) is 0 Å². The monoisotopic (exact) mass is 252 g/mol. The Morgan fingerprint density at radius 2 is 1.83 bits per heavy atom. The summed E-state index contributed by atoms with van der Waals surface area (Å²) in [4.78, 5) is 14.1. The van der Waals surface area contributed by atoms with Gasteiger partial charge in [0.15, 0.2) is 0 Å². The van der Waals surface area contributed by atoms with Crippen LogP contribution in [0.25, 0.3) is 0 Å². The van der Waals surface area contributed by atoms with Gasteiger partial charge in [0, 0.05) is 6.54 Å². The van der Waals surface area contributed by atoms with E-state index in [0.29, 0.717) is 12.4 Å². The molecular formula is C11H20N6O. The molecule has 1 saturated heterocycles. The number of nitrogens with two attached hydrogens (primary N) is 2. The molecule has 0 bridgehead atoms. The number of hydrogen-bond donors (Lipinski definition) is 3. The van der Waals surface area contributed by atoms with E-state index in [1.165, 1.54) is 0 Å². The molecule has 100 valence electrons. The van der Waals surface area contributed by atoms with Crippen LogP contribution in [0.4, 0.5) is 11.9 Å². The first-order valence-corrected chi connectivity index (χ1v) is 6.15. The molecule has 1 aromatic rings. The molecule has 0 radical (unpaired) electrons. The topological polar surface area (TPSA) is 114 Å². The molecule has 1 fully saturated rings. The van der Waals surface area contributed by atoms with Crippen LogP contribution in [0.2, 0.25) is 0 Å². The summed E-state index contributed by atoms with van der Waals surface area (Å²) in [5.74, 6) is 0.889. The summed E-state index contributed by atoms with van der Waals surface area (Å²) in [6.07, 6.45) is 2.54. The fourth-order valence-electron chi connectivity index (χ4n) is 2.20. The summed E-state index contributed by atoms with van der Waals surface area (Å²) in [6, 6.07) is 0. The predicted octanol–water partition coefficient (Wildman–Crippen LogP) is -0.227. The molecule has 5 N–H and O–H groups in total. The summed E-state index contributed by atoms with van der Waals surface area (Å²) in [5.41, 5.74) is 10.5. The van der Waals surface area contributed by atoms with Crippen LogP contribution in [0.3, 0.4) is 0 Å². The maximum Gasteiger partial charge on any atom is 0.225 e. The Balaban J connectivity index is 2.00. The summed E-state index contributed by atoms with van der Waals surface area (Å²) < 4.78 is 0. The first kappa shape index (κ1) is 13.0. The minimum atomic E-state index is -0.564. The Morgan fingerprint density at radius 3 is 2.50 bits per heavy atom. The molecule has 0 aliphatic carbocycles. The van der Waals surface area contributed by atoms with Gasteiger partial charge in [0.05, 0.1) is 12.1 Å². The van der Waals surface area contributed by atoms with Crippen molar-refractivity contribution >= 4 is 11.9 Å². The van der Waals surface area contributed by atoms with E-state index in [9.17, 15) is 5.11 Å². The summed E-state index contributed by atoms with van der Waals surface area (Å²) >= 11 is 0. The zero-order chi connectivity index (χ0) is 13.2. The van der Waals surface area contributed by atoms with E-state index in [4.69, 9.17) is 11.5 Å². The summed E-state index contributed by atoms with van der Waals surface area (Å²) in [6.45, 7) is 4.21. The van der Waals surface area contributed by atoms with Crippen molar-refractivity contribution in [3.8, 4) is 0 Å². The molecular weight excluding hydrogens is 232 g/mol. The zero-order valence-corrected chi connectivity index (χ0v) is 10.6. The van der Waals surface area contributed by atoms with Crippen LogP contribution >= 0.6 is 0 Å². The molecule has 1 atom stereocenters. The molecule has 1 unspecified atom stereocenters. The average Bonchev–Trinajstić information content (AvgIpc) is 2.39. The van der Waals surface area contributed by atoms with Crippen LogP contribution in [0, 0.1) is 0 Å². The van der Waals surface area contributed by atoms with Gasteiger partial charge < -0.3 is 16.6 Å². The molecule has 1 aromatic heterocycles. The number of aromatic nitrogens is 3. The third kappa shape index (κ3) is 3.51. The van der Waals surface area contributed by atoms with E-state index >= 15 is 0 Å². The van der Waals surface area contributed by atoms with Crippen molar-refractivity contribution in [2.75, 3.05) is 24.6 Å². The lowest BCUT2D eigenvalue weighted by atomic mass is 9.98. The fourth-order valence-corrected chi connectivity index (χ4v) is 2.20. The zero-order valence-electron chi connectivity index (χ0n) is 10.6. The Morgan fingerprint density at radius 1 is 1.17 bits per heavy atom. The van der Waals surface area contributed by atoms with Gasteiger partial charge in [-0.2, -0.15) is 15.0 Å². The van der Waals surface area contributed by atoms with Crippen molar-refractivity contribution in [3.05, 3.63) is 5.82 Å². The van der Waals surface area contributed by atoms with Gasteiger partial charge in [-0.1, -0.05) is 0 Å². The molecule has 0 spiro atoms. The number of likely N-dealkylation sites (tertiary alicyclic amines) is 1. The lowest BCUT2D eigenvalue weighted by molar-refractivity contribution is 0.0443. The number of aliphatic hydroxyl groups is 1. The maximum atomic E-state index is 10.0. The van der Waals surface area contributed by atoms with E-state index < -0.39 is 5.60 Å². The number of hydrogen-bond acceptors (Lipinski definition) is 7. The molecule has 2 rings (SSSR count). The molecule has 7 heteroatoms. The van der Waals surface area contributed by atoms with Gasteiger partial charge in [-0.05, 0) is 32.7 Å². The maximum absolute atomic E-state index is 10.0. The smallest absolute Gasteiger partial charge is 0.225 e. The Bertz CT molecular complexity index is 402. The second kappa shape index (κ2) is 5.03. The van der Waals surface area contributed by atoms with Crippen molar-refractivity contribution in [1.29, 1.82) is 0 Å². The van der Waals surface area contributed by atoms with Crippen LogP contribution in [0.15, 0.2) is 0 Å². The molecule has 1 aliphatic heterocycles. The largest absolute Gasteiger partial charge is 0.390 e. The second-order valence-electron chi connectivity index (χ2n) is 5.09. The van der Waals surface area contributed by atoms with Crippen LogP contribution < -0.4 is 11.5 Å². The molecule has 0 amide bonds. The third-order valence-corrected chi connectivity index (χ3v) is 3.24. The highest BCUT2D eigenvalue weighted by molar-refractivity contribution is 5.25. The highest BCUT2D eigenvalue weighted by Gasteiger charge is 2.25. The van der Waals surface area contributed by atoms with Gasteiger partial charge in [0.1, 0.15) is 5.82 Å². The van der Waals surface area contributed by atoms with E-state index in [0.717, 1.165) is 32.4 Å². The average molecular weight is 252 g/mol. The Kier molecular flexibility index (Phi) is 3.63. The lowest BCUT2D eigenvalue weighted by Crippen LogP contribution is -2.29. The molecule has 2 heterocycles. The fraction of sp³-hybridized carbons (Fsp3) is 0.727. The van der Waals surface area contributed by atoms with Crippen molar-refractivity contribution in [3.63, 3.8) is 0 Å². The molecule has 1 aliphatic rings. The minimum absolute atomic E-state index is 0.152. The Labute approximate surface area is 106 Å². The first-order valence-electron chi connectivity index (χ1n) is 6.15. The number of rotatable bonds is 2. The highest BCUT2D eigenvalue weighted by Crippen LogP contribution is 2.22. The van der Waals surface area contributed by atoms with Gasteiger partial charge in [-0.15, -0.1) is 0 Å². The van der Waals surface area contributed by atoms with E-state index in [2.05, 4.69) is 19.9 Å². The van der Waals surface area contributed by atoms with Crippen molar-refractivity contribution in [1.82, 2.24) is 19.9 Å². The van der Waals surface area contributed by atoms with Gasteiger partial charge in [0.2, 0.25) is 11.9 Å². The second-order valence-corrected chi connectivity index (χ2v) is 5.09. The normalized spacial score (nSPS) is 25.9. The summed E-state index contributed by atoms with van der Waals surface area (Å²) in [5, 5.41) is 10.0. The van der Waals surface area contributed by atoms with Gasteiger partial charge >= 0.3 is 0 Å². The lowest BCUT2D eigenvalue weighted by Gasteiger charge is -2.21. The SMILES string of the molecule is CC1(O)CCCN(Cc2nc(N)nc(N)n2)CC1. The predicted molar refractivity (Wildman–Crippen MR) is 68.4 cm³/mol. The van der Waals surface area contributed by atoms with Crippen molar-refractivity contribution < 1.29 is 5.11 Å². The molecule has 7 nitrogen and oxygen atoms in total. The standard InChI is InChI=1S/C11H20N6O/c1-11(18)3-2-5-17(6-4-11)7-8-14-9(12)16-10(13)15-8/h18H,2-7H2,1H3,(H4,12,13,14,15,16). The van der Waals surface area contributed by atoms with Crippen LogP contribution in [0.1, 0.15) is 32.0 Å². The number of anilines is 2. The van der Waals surface area contributed by atoms with E-state index in [-0.39, 0.29) is 11.9 Å². The molecule has 0 aromatic carbocycles. The highest BCUT2D eigenvalue weighted by atomic mass is 16.3. The van der Waals surface area contributed by atoms with Crippen molar-refractivity contribution in [2.45, 2.75) is 38.3 Å². The first-order chi connectivity index (χ1) is 8.44. The van der Waals surface area contributed by atoms with Gasteiger partial charge in [-0.3, -0.25) is 4.90 Å². The van der Waals surface area contributed by atoms with E-state index in [1.54, 1.807) is 0 Å². The quantitative estimate of drug-likeness (QED) is 0.666. The van der Waals surface area contributed by atoms with E-state index in [1.807, 2.05) is 6.92 Å².